The summed E-state index contributed by atoms with van der Waals surface area (Å²) in [5, 5.41) is 5.11. The maximum absolute atomic E-state index is 14.1. The molecule has 112 valence electrons. The Labute approximate surface area is 126 Å². The highest BCUT2D eigenvalue weighted by Gasteiger charge is 2.22. The number of halogens is 1. The fraction of sp³-hybridized carbons (Fsp3) is 0.308. The summed E-state index contributed by atoms with van der Waals surface area (Å²) in [6.07, 6.45) is 3.77. The van der Waals surface area contributed by atoms with Crippen LogP contribution in [-0.2, 0) is 16.6 Å². The molecule has 0 radical (unpaired) electrons. The number of anilines is 1. The van der Waals surface area contributed by atoms with Gasteiger partial charge in [0.05, 0.1) is 0 Å². The van der Waals surface area contributed by atoms with E-state index in [0.717, 1.165) is 29.7 Å². The number of hydrogen-bond acceptors (Lipinski definition) is 5. The Morgan fingerprint density at radius 3 is 2.81 bits per heavy atom. The molecule has 0 aliphatic heterocycles. The smallest absolute Gasteiger partial charge is 0.266 e. The Bertz CT molecular complexity index is 728. The molecule has 1 fully saturated rings. The Hall–Kier alpha value is -1.51. The van der Waals surface area contributed by atoms with Crippen molar-refractivity contribution in [1.29, 1.82) is 0 Å². The zero-order valence-corrected chi connectivity index (χ0v) is 12.7. The maximum atomic E-state index is 14.1. The van der Waals surface area contributed by atoms with Crippen molar-refractivity contribution in [2.75, 3.05) is 4.72 Å². The second-order valence-corrected chi connectivity index (χ2v) is 7.41. The fourth-order valence-electron chi connectivity index (χ4n) is 1.87. The van der Waals surface area contributed by atoms with E-state index in [-0.39, 0.29) is 10.0 Å². The number of nitrogens with zero attached hydrogens (tertiary/aromatic N) is 1. The van der Waals surface area contributed by atoms with Gasteiger partial charge in [-0.05, 0) is 30.5 Å². The predicted octanol–water partition coefficient (Wildman–Crippen LogP) is 2.33. The van der Waals surface area contributed by atoms with Gasteiger partial charge in [-0.15, -0.1) is 11.3 Å². The van der Waals surface area contributed by atoms with Gasteiger partial charge >= 0.3 is 0 Å². The Morgan fingerprint density at radius 2 is 2.19 bits per heavy atom. The average Bonchev–Trinajstić information content (AvgIpc) is 3.13. The van der Waals surface area contributed by atoms with Crippen molar-refractivity contribution in [3.63, 3.8) is 0 Å². The van der Waals surface area contributed by atoms with Gasteiger partial charge in [0.1, 0.15) is 10.7 Å². The number of sulfonamides is 1. The fourth-order valence-corrected chi connectivity index (χ4v) is 3.71. The minimum Gasteiger partial charge on any atom is -0.310 e. The summed E-state index contributed by atoms with van der Waals surface area (Å²) in [4.78, 5) is 3.46. The SMILES string of the molecule is O=S(=O)(Nc1nccs1)c1ccc(CNC2CC2)cc1F. The molecule has 3 rings (SSSR count). The second-order valence-electron chi connectivity index (χ2n) is 4.86. The number of benzene rings is 1. The van der Waals surface area contributed by atoms with Crippen molar-refractivity contribution in [3.8, 4) is 0 Å². The molecule has 1 saturated carbocycles. The molecule has 8 heteroatoms. The van der Waals surface area contributed by atoms with E-state index in [9.17, 15) is 12.8 Å². The van der Waals surface area contributed by atoms with Gasteiger partial charge in [-0.2, -0.15) is 0 Å². The Kier molecular flexibility index (Phi) is 3.92. The van der Waals surface area contributed by atoms with Crippen LogP contribution in [0.1, 0.15) is 18.4 Å². The van der Waals surface area contributed by atoms with E-state index in [1.54, 1.807) is 11.4 Å². The molecule has 2 aromatic rings. The van der Waals surface area contributed by atoms with Gasteiger partial charge < -0.3 is 5.32 Å². The van der Waals surface area contributed by atoms with Crippen molar-refractivity contribution < 1.29 is 12.8 Å². The third kappa shape index (κ3) is 3.58. The number of thiazole rings is 1. The first-order chi connectivity index (χ1) is 10.0. The van der Waals surface area contributed by atoms with E-state index in [4.69, 9.17) is 0 Å². The van der Waals surface area contributed by atoms with Crippen LogP contribution in [0.3, 0.4) is 0 Å². The molecule has 0 unspecified atom stereocenters. The lowest BCUT2D eigenvalue weighted by atomic mass is 10.2. The molecular formula is C13H14FN3O2S2. The summed E-state index contributed by atoms with van der Waals surface area (Å²) >= 11 is 1.14. The van der Waals surface area contributed by atoms with Crippen molar-refractivity contribution in [3.05, 3.63) is 41.2 Å². The second kappa shape index (κ2) is 5.70. The third-order valence-electron chi connectivity index (χ3n) is 3.11. The first-order valence-corrected chi connectivity index (χ1v) is 8.85. The maximum Gasteiger partial charge on any atom is 0.266 e. The van der Waals surface area contributed by atoms with Crippen LogP contribution in [0.2, 0.25) is 0 Å². The molecule has 0 atom stereocenters. The molecule has 0 amide bonds. The van der Waals surface area contributed by atoms with Crippen LogP contribution >= 0.6 is 11.3 Å². The van der Waals surface area contributed by atoms with Crippen molar-refractivity contribution >= 4 is 26.5 Å². The zero-order chi connectivity index (χ0) is 14.9. The monoisotopic (exact) mass is 327 g/mol. The largest absolute Gasteiger partial charge is 0.310 e. The predicted molar refractivity (Wildman–Crippen MR) is 79.2 cm³/mol. The molecule has 1 aromatic heterocycles. The summed E-state index contributed by atoms with van der Waals surface area (Å²) in [5.41, 5.74) is 0.729. The third-order valence-corrected chi connectivity index (χ3v) is 5.30. The van der Waals surface area contributed by atoms with Crippen molar-refractivity contribution in [2.45, 2.75) is 30.3 Å². The highest BCUT2D eigenvalue weighted by molar-refractivity contribution is 7.93. The van der Waals surface area contributed by atoms with E-state index in [0.29, 0.717) is 12.6 Å². The first kappa shape index (κ1) is 14.4. The standard InChI is InChI=1S/C13H14FN3O2S2/c14-11-7-9(8-16-10-2-3-10)1-4-12(11)21(18,19)17-13-15-5-6-20-13/h1,4-7,10,16H,2-3,8H2,(H,15,17). The van der Waals surface area contributed by atoms with Gasteiger partial charge in [0.2, 0.25) is 0 Å². The Morgan fingerprint density at radius 1 is 1.38 bits per heavy atom. The molecule has 0 spiro atoms. The van der Waals surface area contributed by atoms with Crippen molar-refractivity contribution in [1.82, 2.24) is 10.3 Å². The lowest BCUT2D eigenvalue weighted by Gasteiger charge is -2.08. The quantitative estimate of drug-likeness (QED) is 0.854. The summed E-state index contributed by atoms with van der Waals surface area (Å²) < 4.78 is 40.5. The van der Waals surface area contributed by atoms with Crippen LogP contribution in [-0.4, -0.2) is 19.4 Å². The molecule has 2 N–H and O–H groups in total. The minimum absolute atomic E-state index is 0.217. The summed E-state index contributed by atoms with van der Waals surface area (Å²) in [6, 6.07) is 4.68. The Balaban J connectivity index is 1.77. The van der Waals surface area contributed by atoms with E-state index in [1.165, 1.54) is 18.3 Å². The van der Waals surface area contributed by atoms with Gasteiger partial charge in [-0.3, -0.25) is 4.72 Å². The van der Waals surface area contributed by atoms with Crippen LogP contribution in [0.25, 0.3) is 0 Å². The summed E-state index contributed by atoms with van der Waals surface area (Å²) in [6.45, 7) is 0.543. The highest BCUT2D eigenvalue weighted by atomic mass is 32.2. The normalized spacial score (nSPS) is 15.1. The van der Waals surface area contributed by atoms with Crippen LogP contribution in [0.5, 0.6) is 0 Å². The molecule has 1 heterocycles. The highest BCUT2D eigenvalue weighted by Crippen LogP contribution is 2.22. The van der Waals surface area contributed by atoms with Gasteiger partial charge in [0, 0.05) is 24.2 Å². The first-order valence-electron chi connectivity index (χ1n) is 6.49. The van der Waals surface area contributed by atoms with Crippen LogP contribution in [0.4, 0.5) is 9.52 Å². The van der Waals surface area contributed by atoms with E-state index in [1.807, 2.05) is 0 Å². The molecule has 0 bridgehead atoms. The molecule has 21 heavy (non-hydrogen) atoms. The number of aromatic nitrogens is 1. The van der Waals surface area contributed by atoms with E-state index < -0.39 is 15.8 Å². The van der Waals surface area contributed by atoms with Crippen molar-refractivity contribution in [2.24, 2.45) is 0 Å². The van der Waals surface area contributed by atoms with Gasteiger partial charge in [0.15, 0.2) is 5.13 Å². The number of nitrogens with one attached hydrogen (secondary N) is 2. The van der Waals surface area contributed by atoms with Crippen LogP contribution in [0, 0.1) is 5.82 Å². The topological polar surface area (TPSA) is 71.1 Å². The number of hydrogen-bond donors (Lipinski definition) is 2. The molecule has 5 nitrogen and oxygen atoms in total. The lowest BCUT2D eigenvalue weighted by molar-refractivity contribution is 0.567. The lowest BCUT2D eigenvalue weighted by Crippen LogP contribution is -2.17. The average molecular weight is 327 g/mol. The molecule has 0 saturated heterocycles. The van der Waals surface area contributed by atoms with Gasteiger partial charge in [0.25, 0.3) is 10.0 Å². The van der Waals surface area contributed by atoms with E-state index in [2.05, 4.69) is 15.0 Å². The van der Waals surface area contributed by atoms with Gasteiger partial charge in [-0.25, -0.2) is 17.8 Å². The minimum atomic E-state index is -3.95. The molecular weight excluding hydrogens is 313 g/mol. The molecule has 1 aliphatic carbocycles. The summed E-state index contributed by atoms with van der Waals surface area (Å²) in [5.74, 6) is -0.755. The van der Waals surface area contributed by atoms with Crippen LogP contribution < -0.4 is 10.0 Å². The summed E-state index contributed by atoms with van der Waals surface area (Å²) in [7, 11) is -3.95. The molecule has 1 aromatic carbocycles. The zero-order valence-electron chi connectivity index (χ0n) is 11.0. The molecule has 1 aliphatic rings. The van der Waals surface area contributed by atoms with Crippen LogP contribution in [0.15, 0.2) is 34.7 Å². The van der Waals surface area contributed by atoms with Gasteiger partial charge in [-0.1, -0.05) is 6.07 Å². The van der Waals surface area contributed by atoms with E-state index >= 15 is 0 Å². The number of rotatable bonds is 6.